The third kappa shape index (κ3) is 2.51. The van der Waals surface area contributed by atoms with Gasteiger partial charge in [-0.2, -0.15) is 4.98 Å². The summed E-state index contributed by atoms with van der Waals surface area (Å²) >= 11 is 0. The van der Waals surface area contributed by atoms with Crippen LogP contribution in [-0.4, -0.2) is 36.4 Å². The van der Waals surface area contributed by atoms with Crippen molar-refractivity contribution < 1.29 is 9.59 Å². The van der Waals surface area contributed by atoms with Gasteiger partial charge >= 0.3 is 5.91 Å². The normalized spacial score (nSPS) is 10.6. The molecule has 0 saturated carbocycles. The van der Waals surface area contributed by atoms with Gasteiger partial charge in [0.2, 0.25) is 5.82 Å². The minimum absolute atomic E-state index is 0.0759. The fourth-order valence-corrected chi connectivity index (χ4v) is 1.97. The van der Waals surface area contributed by atoms with E-state index in [1.807, 2.05) is 19.9 Å². The predicted molar refractivity (Wildman–Crippen MR) is 76.0 cm³/mol. The molecule has 2 amide bonds. The van der Waals surface area contributed by atoms with Crippen molar-refractivity contribution in [2.45, 2.75) is 13.8 Å². The zero-order chi connectivity index (χ0) is 15.7. The number of aromatic amines is 1. The molecule has 0 bridgehead atoms. The maximum absolute atomic E-state index is 12.0. The molecule has 3 aromatic heterocycles. The number of nitrogens with zero attached hydrogens (tertiary/aromatic N) is 4. The predicted octanol–water partition coefficient (Wildman–Crippen LogP) is 0.144. The third-order valence-electron chi connectivity index (χ3n) is 2.95. The first-order valence-corrected chi connectivity index (χ1v) is 6.49. The van der Waals surface area contributed by atoms with Crippen LogP contribution < -0.4 is 10.9 Å². The van der Waals surface area contributed by atoms with E-state index in [1.54, 1.807) is 18.3 Å². The summed E-state index contributed by atoms with van der Waals surface area (Å²) in [6, 6.07) is 5.09. The van der Waals surface area contributed by atoms with Gasteiger partial charge in [-0.05, 0) is 32.0 Å². The van der Waals surface area contributed by atoms with Crippen LogP contribution in [0.2, 0.25) is 0 Å². The molecule has 0 aliphatic rings. The zero-order valence-corrected chi connectivity index (χ0v) is 11.9. The summed E-state index contributed by atoms with van der Waals surface area (Å²) < 4.78 is 1.47. The van der Waals surface area contributed by atoms with Crippen LogP contribution in [0, 0.1) is 13.8 Å². The summed E-state index contributed by atoms with van der Waals surface area (Å²) in [5.74, 6) is -0.832. The maximum Gasteiger partial charge on any atom is 0.309 e. The highest BCUT2D eigenvalue weighted by Gasteiger charge is 2.16. The average Bonchev–Trinajstić information content (AvgIpc) is 3.13. The standard InChI is InChI=1S/C13H13N7O2/c1-7-6-8(2)20-13(15-7)16-10(19-20)12(22)18-17-11(21)9-4-3-5-14-9/h3-6,14H,1-2H3,(H,17,21)(H,18,22). The Labute approximate surface area is 124 Å². The highest BCUT2D eigenvalue weighted by Crippen LogP contribution is 2.05. The third-order valence-corrected chi connectivity index (χ3v) is 2.95. The van der Waals surface area contributed by atoms with Crippen LogP contribution in [0.3, 0.4) is 0 Å². The van der Waals surface area contributed by atoms with Gasteiger partial charge in [0.05, 0.1) is 0 Å². The minimum atomic E-state index is -0.623. The molecular weight excluding hydrogens is 286 g/mol. The number of rotatable bonds is 2. The Morgan fingerprint density at radius 2 is 1.95 bits per heavy atom. The van der Waals surface area contributed by atoms with Gasteiger partial charge in [0.1, 0.15) is 5.69 Å². The molecule has 0 spiro atoms. The Morgan fingerprint density at radius 3 is 2.68 bits per heavy atom. The number of nitrogens with one attached hydrogen (secondary N) is 3. The van der Waals surface area contributed by atoms with Crippen LogP contribution in [0.25, 0.3) is 5.78 Å². The molecular formula is C13H13N7O2. The number of fused-ring (bicyclic) bond motifs is 1. The van der Waals surface area contributed by atoms with Crippen molar-refractivity contribution in [3.05, 3.63) is 47.3 Å². The van der Waals surface area contributed by atoms with Gasteiger partial charge in [-0.15, -0.1) is 5.10 Å². The van der Waals surface area contributed by atoms with Crippen LogP contribution in [0.4, 0.5) is 0 Å². The number of amides is 2. The summed E-state index contributed by atoms with van der Waals surface area (Å²) in [5, 5.41) is 4.07. The van der Waals surface area contributed by atoms with Gasteiger partial charge in [-0.1, -0.05) is 0 Å². The molecule has 9 nitrogen and oxygen atoms in total. The quantitative estimate of drug-likeness (QED) is 0.582. The topological polar surface area (TPSA) is 117 Å². The Hall–Kier alpha value is -3.23. The molecule has 0 aromatic carbocycles. The summed E-state index contributed by atoms with van der Waals surface area (Å²) in [6.07, 6.45) is 1.61. The number of hydrogen-bond donors (Lipinski definition) is 3. The highest BCUT2D eigenvalue weighted by atomic mass is 16.2. The number of carbonyl (C=O) groups is 2. The molecule has 3 heterocycles. The van der Waals surface area contributed by atoms with Crippen LogP contribution >= 0.6 is 0 Å². The second-order valence-corrected chi connectivity index (χ2v) is 4.68. The lowest BCUT2D eigenvalue weighted by molar-refractivity contribution is 0.0839. The average molecular weight is 299 g/mol. The van der Waals surface area contributed by atoms with Crippen molar-refractivity contribution in [3.63, 3.8) is 0 Å². The van der Waals surface area contributed by atoms with Gasteiger partial charge in [-0.3, -0.25) is 20.4 Å². The molecule has 112 valence electrons. The Morgan fingerprint density at radius 1 is 1.18 bits per heavy atom. The van der Waals surface area contributed by atoms with Crippen molar-refractivity contribution in [3.8, 4) is 0 Å². The molecule has 22 heavy (non-hydrogen) atoms. The number of aryl methyl sites for hydroxylation is 2. The van der Waals surface area contributed by atoms with E-state index < -0.39 is 11.8 Å². The lowest BCUT2D eigenvalue weighted by atomic mass is 10.4. The first-order valence-electron chi connectivity index (χ1n) is 6.49. The van der Waals surface area contributed by atoms with Crippen molar-refractivity contribution in [1.29, 1.82) is 0 Å². The fraction of sp³-hybridized carbons (Fsp3) is 0.154. The Balaban J connectivity index is 1.75. The first kappa shape index (κ1) is 13.7. The molecule has 3 rings (SSSR count). The van der Waals surface area contributed by atoms with E-state index in [4.69, 9.17) is 0 Å². The van der Waals surface area contributed by atoms with Crippen molar-refractivity contribution in [2.75, 3.05) is 0 Å². The van der Waals surface area contributed by atoms with E-state index in [2.05, 4.69) is 30.9 Å². The van der Waals surface area contributed by atoms with E-state index in [9.17, 15) is 9.59 Å². The van der Waals surface area contributed by atoms with Crippen molar-refractivity contribution >= 4 is 17.6 Å². The van der Waals surface area contributed by atoms with Gasteiger partial charge in [-0.25, -0.2) is 9.50 Å². The Kier molecular flexibility index (Phi) is 3.30. The second kappa shape index (κ2) is 5.28. The summed E-state index contributed by atoms with van der Waals surface area (Å²) in [5.41, 5.74) is 6.45. The molecule has 3 aromatic rings. The van der Waals surface area contributed by atoms with Gasteiger partial charge in [0, 0.05) is 17.6 Å². The van der Waals surface area contributed by atoms with Crippen molar-refractivity contribution in [1.82, 2.24) is 35.4 Å². The summed E-state index contributed by atoms with van der Waals surface area (Å²) in [6.45, 7) is 3.67. The van der Waals surface area contributed by atoms with Crippen LogP contribution in [0.5, 0.6) is 0 Å². The molecule has 0 saturated heterocycles. The van der Waals surface area contributed by atoms with E-state index in [0.29, 0.717) is 11.5 Å². The molecule has 9 heteroatoms. The molecule has 3 N–H and O–H groups in total. The van der Waals surface area contributed by atoms with Crippen LogP contribution in [0.15, 0.2) is 24.4 Å². The zero-order valence-electron chi connectivity index (χ0n) is 11.9. The Bertz CT molecular complexity index is 851. The number of hydrogen-bond acceptors (Lipinski definition) is 5. The molecule has 0 aliphatic carbocycles. The lowest BCUT2D eigenvalue weighted by Gasteiger charge is -2.03. The van der Waals surface area contributed by atoms with Gasteiger partial charge < -0.3 is 4.98 Å². The number of carbonyl (C=O) groups excluding carboxylic acids is 2. The SMILES string of the molecule is Cc1cc(C)n2nc(C(=O)NNC(=O)c3ccc[nH]3)nc2n1. The van der Waals surface area contributed by atoms with Gasteiger partial charge in [0.25, 0.3) is 11.7 Å². The van der Waals surface area contributed by atoms with Crippen LogP contribution in [0.1, 0.15) is 32.5 Å². The van der Waals surface area contributed by atoms with E-state index in [1.165, 1.54) is 4.52 Å². The monoisotopic (exact) mass is 299 g/mol. The minimum Gasteiger partial charge on any atom is -0.357 e. The first-order chi connectivity index (χ1) is 10.5. The maximum atomic E-state index is 12.0. The van der Waals surface area contributed by atoms with Gasteiger partial charge in [0.15, 0.2) is 0 Å². The highest BCUT2D eigenvalue weighted by molar-refractivity contribution is 5.96. The largest absolute Gasteiger partial charge is 0.357 e. The smallest absolute Gasteiger partial charge is 0.309 e. The van der Waals surface area contributed by atoms with E-state index in [-0.39, 0.29) is 5.82 Å². The second-order valence-electron chi connectivity index (χ2n) is 4.68. The molecule has 0 fully saturated rings. The van der Waals surface area contributed by atoms with E-state index in [0.717, 1.165) is 11.4 Å². The molecule has 0 radical (unpaired) electrons. The number of aromatic nitrogens is 5. The summed E-state index contributed by atoms with van der Waals surface area (Å²) in [4.78, 5) is 34.6. The molecule has 0 atom stereocenters. The number of hydrazine groups is 1. The molecule has 0 aliphatic heterocycles. The van der Waals surface area contributed by atoms with Crippen molar-refractivity contribution in [2.24, 2.45) is 0 Å². The number of H-pyrrole nitrogens is 1. The van der Waals surface area contributed by atoms with E-state index >= 15 is 0 Å². The van der Waals surface area contributed by atoms with Crippen LogP contribution in [-0.2, 0) is 0 Å². The molecule has 0 unspecified atom stereocenters. The fourth-order valence-electron chi connectivity index (χ4n) is 1.97. The summed E-state index contributed by atoms with van der Waals surface area (Å²) in [7, 11) is 0. The lowest BCUT2D eigenvalue weighted by Crippen LogP contribution is -2.42.